The topological polar surface area (TPSA) is 38.3 Å². The van der Waals surface area contributed by atoms with Gasteiger partial charge in [-0.3, -0.25) is 4.79 Å². The van der Waals surface area contributed by atoms with Crippen LogP contribution in [0.3, 0.4) is 0 Å². The van der Waals surface area contributed by atoms with Gasteiger partial charge in [0.1, 0.15) is 6.10 Å². The minimum Gasteiger partial charge on any atom is -0.459 e. The first kappa shape index (κ1) is 10.5. The minimum absolute atomic E-state index is 0.0289. The molecule has 1 heterocycles. The number of carbonyl (C=O) groups excluding carboxylic acids is 1. The van der Waals surface area contributed by atoms with E-state index in [2.05, 4.69) is 33.0 Å². The van der Waals surface area contributed by atoms with Crippen LogP contribution in [-0.4, -0.2) is 24.7 Å². The Bertz CT molecular complexity index is 189. The average molecular weight is 185 g/mol. The standard InChI is InChI=1S/C10H19NO2/c1-6(2)9-10(7(3)4)13-8(12)5-11-9/h6-7,9-11H,5H2,1-4H3. The molecule has 3 heteroatoms. The zero-order chi connectivity index (χ0) is 10.0. The Hall–Kier alpha value is -0.570. The van der Waals surface area contributed by atoms with E-state index in [1.807, 2.05) is 0 Å². The second-order valence-corrected chi connectivity index (χ2v) is 4.35. The summed E-state index contributed by atoms with van der Waals surface area (Å²) in [4.78, 5) is 11.1. The molecule has 0 spiro atoms. The van der Waals surface area contributed by atoms with Crippen molar-refractivity contribution in [2.45, 2.75) is 39.8 Å². The second-order valence-electron chi connectivity index (χ2n) is 4.35. The van der Waals surface area contributed by atoms with E-state index in [-0.39, 0.29) is 12.1 Å². The van der Waals surface area contributed by atoms with Gasteiger partial charge in [-0.2, -0.15) is 0 Å². The molecule has 1 N–H and O–H groups in total. The normalized spacial score (nSPS) is 29.5. The van der Waals surface area contributed by atoms with Gasteiger partial charge in [0.2, 0.25) is 0 Å². The zero-order valence-electron chi connectivity index (χ0n) is 8.83. The predicted octanol–water partition coefficient (Wildman–Crippen LogP) is 1.18. The number of nitrogens with one attached hydrogen (secondary N) is 1. The minimum atomic E-state index is -0.129. The Balaban J connectivity index is 2.66. The first-order valence-corrected chi connectivity index (χ1v) is 4.95. The van der Waals surface area contributed by atoms with Crippen molar-refractivity contribution in [3.05, 3.63) is 0 Å². The summed E-state index contributed by atoms with van der Waals surface area (Å²) in [6.07, 6.45) is 0.0289. The lowest BCUT2D eigenvalue weighted by molar-refractivity contribution is -0.159. The molecule has 1 fully saturated rings. The summed E-state index contributed by atoms with van der Waals surface area (Å²) < 4.78 is 5.32. The maximum Gasteiger partial charge on any atom is 0.320 e. The number of ether oxygens (including phenoxy) is 1. The van der Waals surface area contributed by atoms with Crippen molar-refractivity contribution in [2.75, 3.05) is 6.54 Å². The number of rotatable bonds is 2. The van der Waals surface area contributed by atoms with Gasteiger partial charge in [-0.1, -0.05) is 27.7 Å². The molecule has 0 bridgehead atoms. The number of morpholine rings is 1. The lowest BCUT2D eigenvalue weighted by Crippen LogP contribution is -2.55. The molecule has 1 saturated heterocycles. The molecule has 2 atom stereocenters. The van der Waals surface area contributed by atoms with E-state index in [9.17, 15) is 4.79 Å². The van der Waals surface area contributed by atoms with Gasteiger partial charge in [0.15, 0.2) is 0 Å². The van der Waals surface area contributed by atoms with Crippen LogP contribution in [0.2, 0.25) is 0 Å². The Kier molecular flexibility index (Phi) is 3.31. The summed E-state index contributed by atoms with van der Waals surface area (Å²) in [6.45, 7) is 8.81. The molecule has 0 aliphatic carbocycles. The Labute approximate surface area is 79.8 Å². The van der Waals surface area contributed by atoms with Crippen LogP contribution in [0.15, 0.2) is 0 Å². The maximum atomic E-state index is 11.1. The van der Waals surface area contributed by atoms with Crippen molar-refractivity contribution in [2.24, 2.45) is 11.8 Å². The number of esters is 1. The summed E-state index contributed by atoms with van der Waals surface area (Å²) in [6, 6.07) is 0.303. The van der Waals surface area contributed by atoms with E-state index in [4.69, 9.17) is 4.74 Å². The molecule has 0 aromatic carbocycles. The van der Waals surface area contributed by atoms with Gasteiger partial charge in [0.05, 0.1) is 6.54 Å². The summed E-state index contributed by atoms with van der Waals surface area (Å²) in [7, 11) is 0. The molecule has 1 aliphatic heterocycles. The molecule has 3 nitrogen and oxygen atoms in total. The number of hydrogen-bond acceptors (Lipinski definition) is 3. The van der Waals surface area contributed by atoms with Crippen molar-refractivity contribution < 1.29 is 9.53 Å². The van der Waals surface area contributed by atoms with Crippen molar-refractivity contribution >= 4 is 5.97 Å². The van der Waals surface area contributed by atoms with E-state index in [0.29, 0.717) is 24.4 Å². The fraction of sp³-hybridized carbons (Fsp3) is 0.900. The first-order valence-electron chi connectivity index (χ1n) is 4.95. The van der Waals surface area contributed by atoms with E-state index >= 15 is 0 Å². The largest absolute Gasteiger partial charge is 0.459 e. The first-order chi connectivity index (χ1) is 6.02. The molecule has 0 radical (unpaired) electrons. The summed E-state index contributed by atoms with van der Waals surface area (Å²) in [5.74, 6) is 0.750. The van der Waals surface area contributed by atoms with Gasteiger partial charge in [0, 0.05) is 6.04 Å². The molecule has 0 aromatic heterocycles. The highest BCUT2D eigenvalue weighted by Gasteiger charge is 2.34. The zero-order valence-corrected chi connectivity index (χ0v) is 8.83. The third kappa shape index (κ3) is 2.44. The maximum absolute atomic E-state index is 11.1. The molecule has 1 aliphatic rings. The van der Waals surface area contributed by atoms with Crippen molar-refractivity contribution in [1.29, 1.82) is 0 Å². The van der Waals surface area contributed by atoms with Gasteiger partial charge >= 0.3 is 5.97 Å². The highest BCUT2D eigenvalue weighted by atomic mass is 16.5. The van der Waals surface area contributed by atoms with Crippen LogP contribution in [0.25, 0.3) is 0 Å². The number of cyclic esters (lactones) is 1. The highest BCUT2D eigenvalue weighted by Crippen LogP contribution is 2.20. The lowest BCUT2D eigenvalue weighted by Gasteiger charge is -2.36. The fourth-order valence-corrected chi connectivity index (χ4v) is 1.75. The van der Waals surface area contributed by atoms with Crippen LogP contribution < -0.4 is 5.32 Å². The van der Waals surface area contributed by atoms with Gasteiger partial charge in [-0.05, 0) is 11.8 Å². The molecular formula is C10H19NO2. The SMILES string of the molecule is CC(C)C1NCC(=O)OC1C(C)C. The van der Waals surface area contributed by atoms with Crippen molar-refractivity contribution in [3.8, 4) is 0 Å². The molecule has 13 heavy (non-hydrogen) atoms. The Morgan fingerprint density at radius 2 is 1.92 bits per heavy atom. The number of carbonyl (C=O) groups is 1. The van der Waals surface area contributed by atoms with Crippen LogP contribution >= 0.6 is 0 Å². The van der Waals surface area contributed by atoms with Crippen molar-refractivity contribution in [1.82, 2.24) is 5.32 Å². The Morgan fingerprint density at radius 1 is 1.31 bits per heavy atom. The Morgan fingerprint density at radius 3 is 2.38 bits per heavy atom. The lowest BCUT2D eigenvalue weighted by atomic mass is 9.90. The smallest absolute Gasteiger partial charge is 0.320 e. The molecule has 76 valence electrons. The number of hydrogen-bond donors (Lipinski definition) is 1. The third-order valence-electron chi connectivity index (χ3n) is 2.48. The predicted molar refractivity (Wildman–Crippen MR) is 51.3 cm³/mol. The van der Waals surface area contributed by atoms with Crippen LogP contribution in [0.4, 0.5) is 0 Å². The molecule has 0 amide bonds. The van der Waals surface area contributed by atoms with E-state index < -0.39 is 0 Å². The molecular weight excluding hydrogens is 166 g/mol. The van der Waals surface area contributed by atoms with Crippen molar-refractivity contribution in [3.63, 3.8) is 0 Å². The van der Waals surface area contributed by atoms with E-state index in [1.54, 1.807) is 0 Å². The third-order valence-corrected chi connectivity index (χ3v) is 2.48. The van der Waals surface area contributed by atoms with Crippen LogP contribution in [0.5, 0.6) is 0 Å². The van der Waals surface area contributed by atoms with E-state index in [1.165, 1.54) is 0 Å². The van der Waals surface area contributed by atoms with Gasteiger partial charge < -0.3 is 10.1 Å². The summed E-state index contributed by atoms with van der Waals surface area (Å²) in [5, 5.41) is 3.23. The summed E-state index contributed by atoms with van der Waals surface area (Å²) in [5.41, 5.74) is 0. The highest BCUT2D eigenvalue weighted by molar-refractivity contribution is 5.72. The van der Waals surface area contributed by atoms with E-state index in [0.717, 1.165) is 0 Å². The monoisotopic (exact) mass is 185 g/mol. The van der Waals surface area contributed by atoms with Crippen LogP contribution in [-0.2, 0) is 9.53 Å². The molecule has 0 saturated carbocycles. The second kappa shape index (κ2) is 4.09. The quantitative estimate of drug-likeness (QED) is 0.657. The fourth-order valence-electron chi connectivity index (χ4n) is 1.75. The van der Waals surface area contributed by atoms with Crippen LogP contribution in [0, 0.1) is 11.8 Å². The van der Waals surface area contributed by atoms with Gasteiger partial charge in [-0.15, -0.1) is 0 Å². The molecule has 0 aromatic rings. The molecule has 1 rings (SSSR count). The summed E-state index contributed by atoms with van der Waals surface area (Å²) >= 11 is 0. The van der Waals surface area contributed by atoms with Gasteiger partial charge in [-0.25, -0.2) is 0 Å². The molecule has 2 unspecified atom stereocenters. The van der Waals surface area contributed by atoms with Gasteiger partial charge in [0.25, 0.3) is 0 Å². The average Bonchev–Trinajstić information content (AvgIpc) is 2.03. The van der Waals surface area contributed by atoms with Crippen LogP contribution in [0.1, 0.15) is 27.7 Å².